The maximum Gasteiger partial charge on any atom is 0.269 e. The predicted molar refractivity (Wildman–Crippen MR) is 115 cm³/mol. The van der Waals surface area contributed by atoms with E-state index in [1.54, 1.807) is 19.4 Å². The molecule has 0 saturated carbocycles. The number of nitrogens with zero attached hydrogens (tertiary/aromatic N) is 1. The number of H-pyrrole nitrogens is 1. The van der Waals surface area contributed by atoms with E-state index in [0.29, 0.717) is 12.2 Å². The second kappa shape index (κ2) is 8.19. The number of carbonyl (C=O) groups excluding carboxylic acids is 1. The van der Waals surface area contributed by atoms with E-state index >= 15 is 0 Å². The zero-order chi connectivity index (χ0) is 20.2. The van der Waals surface area contributed by atoms with Gasteiger partial charge in [-0.3, -0.25) is 9.78 Å². The molecule has 0 saturated heterocycles. The Hall–Kier alpha value is -3.60. The standard InChI is InChI=1S/C24H23N3O2/c1-16-20(21-8-3-4-9-22(21)27-16)12-13-25-24(28)23-11-10-18(15-26-23)17-6-5-7-19(14-17)29-2/h3-11,14-15,27H,12-13H2,1-2H3,(H,25,28). The van der Waals surface area contributed by atoms with Crippen LogP contribution in [0.1, 0.15) is 21.7 Å². The van der Waals surface area contributed by atoms with Gasteiger partial charge in [-0.25, -0.2) is 0 Å². The van der Waals surface area contributed by atoms with E-state index in [0.717, 1.165) is 34.5 Å². The van der Waals surface area contributed by atoms with Gasteiger partial charge < -0.3 is 15.0 Å². The predicted octanol–water partition coefficient (Wildman–Crippen LogP) is 4.52. The second-order valence-electron chi connectivity index (χ2n) is 6.94. The number of methoxy groups -OCH3 is 1. The Kier molecular flexibility index (Phi) is 5.29. The van der Waals surface area contributed by atoms with Crippen LogP contribution in [0.5, 0.6) is 5.75 Å². The van der Waals surface area contributed by atoms with Crippen molar-refractivity contribution < 1.29 is 9.53 Å². The Balaban J connectivity index is 1.40. The molecule has 5 heteroatoms. The molecule has 2 aromatic heterocycles. The SMILES string of the molecule is COc1cccc(-c2ccc(C(=O)NCCc3c(C)[nH]c4ccccc34)nc2)c1. The van der Waals surface area contributed by atoms with Gasteiger partial charge in [0.1, 0.15) is 11.4 Å². The highest BCUT2D eigenvalue weighted by atomic mass is 16.5. The third kappa shape index (κ3) is 3.99. The molecule has 2 heterocycles. The molecule has 146 valence electrons. The molecule has 2 aromatic carbocycles. The number of benzene rings is 2. The number of para-hydroxylation sites is 1. The minimum absolute atomic E-state index is 0.167. The summed E-state index contributed by atoms with van der Waals surface area (Å²) < 4.78 is 5.26. The first-order valence-electron chi connectivity index (χ1n) is 9.60. The zero-order valence-corrected chi connectivity index (χ0v) is 16.5. The van der Waals surface area contributed by atoms with Gasteiger partial charge in [0.25, 0.3) is 5.91 Å². The topological polar surface area (TPSA) is 67.0 Å². The van der Waals surface area contributed by atoms with Crippen molar-refractivity contribution in [3.63, 3.8) is 0 Å². The number of rotatable bonds is 6. The quantitative estimate of drug-likeness (QED) is 0.513. The number of fused-ring (bicyclic) bond motifs is 1. The molecule has 1 amide bonds. The van der Waals surface area contributed by atoms with Gasteiger partial charge in [-0.05, 0) is 48.7 Å². The Morgan fingerprint density at radius 3 is 2.72 bits per heavy atom. The van der Waals surface area contributed by atoms with Crippen molar-refractivity contribution in [3.8, 4) is 16.9 Å². The van der Waals surface area contributed by atoms with Gasteiger partial charge in [0.15, 0.2) is 0 Å². The second-order valence-corrected chi connectivity index (χ2v) is 6.94. The van der Waals surface area contributed by atoms with Crippen molar-refractivity contribution in [3.05, 3.63) is 83.8 Å². The summed E-state index contributed by atoms with van der Waals surface area (Å²) in [7, 11) is 1.64. The Morgan fingerprint density at radius 1 is 1.07 bits per heavy atom. The Labute approximate surface area is 169 Å². The molecular formula is C24H23N3O2. The molecular weight excluding hydrogens is 362 g/mol. The fraction of sp³-hybridized carbons (Fsp3) is 0.167. The number of aromatic nitrogens is 2. The molecule has 5 nitrogen and oxygen atoms in total. The van der Waals surface area contributed by atoms with Crippen LogP contribution in [-0.4, -0.2) is 29.5 Å². The number of hydrogen-bond acceptors (Lipinski definition) is 3. The Morgan fingerprint density at radius 2 is 1.93 bits per heavy atom. The lowest BCUT2D eigenvalue weighted by Gasteiger charge is -2.07. The molecule has 0 radical (unpaired) electrons. The first-order chi connectivity index (χ1) is 14.2. The van der Waals surface area contributed by atoms with Crippen molar-refractivity contribution in [2.24, 2.45) is 0 Å². The maximum absolute atomic E-state index is 12.5. The summed E-state index contributed by atoms with van der Waals surface area (Å²) >= 11 is 0. The normalized spacial score (nSPS) is 10.8. The number of amides is 1. The minimum atomic E-state index is -0.167. The number of ether oxygens (including phenoxy) is 1. The third-order valence-corrected chi connectivity index (χ3v) is 5.09. The number of nitrogens with one attached hydrogen (secondary N) is 2. The van der Waals surface area contributed by atoms with Crippen LogP contribution in [0.15, 0.2) is 66.9 Å². The summed E-state index contributed by atoms with van der Waals surface area (Å²) in [4.78, 5) is 20.2. The van der Waals surface area contributed by atoms with Crippen LogP contribution in [0.25, 0.3) is 22.0 Å². The lowest BCUT2D eigenvalue weighted by atomic mass is 10.1. The molecule has 0 bridgehead atoms. The summed E-state index contributed by atoms with van der Waals surface area (Å²) in [5.74, 6) is 0.622. The smallest absolute Gasteiger partial charge is 0.269 e. The molecule has 0 aliphatic heterocycles. The van der Waals surface area contributed by atoms with Gasteiger partial charge in [0.2, 0.25) is 0 Å². The van der Waals surface area contributed by atoms with Gasteiger partial charge in [-0.1, -0.05) is 36.4 Å². The lowest BCUT2D eigenvalue weighted by molar-refractivity contribution is 0.0949. The van der Waals surface area contributed by atoms with E-state index in [4.69, 9.17) is 4.74 Å². The fourth-order valence-corrected chi connectivity index (χ4v) is 3.55. The van der Waals surface area contributed by atoms with E-state index < -0.39 is 0 Å². The first kappa shape index (κ1) is 18.7. The van der Waals surface area contributed by atoms with E-state index in [9.17, 15) is 4.79 Å². The van der Waals surface area contributed by atoms with E-state index in [-0.39, 0.29) is 5.91 Å². The molecule has 4 rings (SSSR count). The van der Waals surface area contributed by atoms with Crippen LogP contribution in [0.4, 0.5) is 0 Å². The summed E-state index contributed by atoms with van der Waals surface area (Å²) in [6.07, 6.45) is 2.48. The molecule has 0 aliphatic rings. The summed E-state index contributed by atoms with van der Waals surface area (Å²) in [6.45, 7) is 2.62. The molecule has 0 unspecified atom stereocenters. The zero-order valence-electron chi connectivity index (χ0n) is 16.5. The van der Waals surface area contributed by atoms with Crippen LogP contribution >= 0.6 is 0 Å². The van der Waals surface area contributed by atoms with Gasteiger partial charge in [0, 0.05) is 34.9 Å². The van der Waals surface area contributed by atoms with E-state index in [2.05, 4.69) is 34.3 Å². The van der Waals surface area contributed by atoms with Gasteiger partial charge in [0.05, 0.1) is 7.11 Å². The lowest BCUT2D eigenvalue weighted by Crippen LogP contribution is -2.26. The van der Waals surface area contributed by atoms with Crippen LogP contribution in [-0.2, 0) is 6.42 Å². The minimum Gasteiger partial charge on any atom is -0.497 e. The summed E-state index contributed by atoms with van der Waals surface area (Å²) in [5.41, 5.74) is 5.85. The summed E-state index contributed by atoms with van der Waals surface area (Å²) in [6, 6.07) is 19.6. The number of hydrogen-bond donors (Lipinski definition) is 2. The van der Waals surface area contributed by atoms with Crippen LogP contribution < -0.4 is 10.1 Å². The van der Waals surface area contributed by atoms with Crippen LogP contribution in [0.2, 0.25) is 0 Å². The first-order valence-corrected chi connectivity index (χ1v) is 9.60. The van der Waals surface area contributed by atoms with Gasteiger partial charge in [-0.2, -0.15) is 0 Å². The summed E-state index contributed by atoms with van der Waals surface area (Å²) in [5, 5.41) is 4.18. The Bertz CT molecular complexity index is 1150. The van der Waals surface area contributed by atoms with Crippen LogP contribution in [0.3, 0.4) is 0 Å². The highest BCUT2D eigenvalue weighted by Crippen LogP contribution is 2.24. The highest BCUT2D eigenvalue weighted by molar-refractivity contribution is 5.92. The van der Waals surface area contributed by atoms with Crippen molar-refractivity contribution in [1.29, 1.82) is 0 Å². The van der Waals surface area contributed by atoms with Crippen molar-refractivity contribution in [2.45, 2.75) is 13.3 Å². The number of carbonyl (C=O) groups is 1. The molecule has 29 heavy (non-hydrogen) atoms. The molecule has 0 fully saturated rings. The van der Waals surface area contributed by atoms with Crippen molar-refractivity contribution in [2.75, 3.05) is 13.7 Å². The molecule has 4 aromatic rings. The largest absolute Gasteiger partial charge is 0.497 e. The van der Waals surface area contributed by atoms with Gasteiger partial charge in [-0.15, -0.1) is 0 Å². The van der Waals surface area contributed by atoms with Gasteiger partial charge >= 0.3 is 0 Å². The molecule has 2 N–H and O–H groups in total. The van der Waals surface area contributed by atoms with E-state index in [1.165, 1.54) is 10.9 Å². The van der Waals surface area contributed by atoms with Crippen molar-refractivity contribution >= 4 is 16.8 Å². The molecule has 0 spiro atoms. The fourth-order valence-electron chi connectivity index (χ4n) is 3.55. The van der Waals surface area contributed by atoms with Crippen molar-refractivity contribution in [1.82, 2.24) is 15.3 Å². The highest BCUT2D eigenvalue weighted by Gasteiger charge is 2.10. The third-order valence-electron chi connectivity index (χ3n) is 5.09. The number of aromatic amines is 1. The van der Waals surface area contributed by atoms with Crippen LogP contribution in [0, 0.1) is 6.92 Å². The number of aryl methyl sites for hydroxylation is 1. The maximum atomic E-state index is 12.5. The van der Waals surface area contributed by atoms with E-state index in [1.807, 2.05) is 42.5 Å². The number of pyridine rings is 1. The molecule has 0 atom stereocenters. The monoisotopic (exact) mass is 385 g/mol. The molecule has 0 aliphatic carbocycles. The average molecular weight is 385 g/mol. The average Bonchev–Trinajstić information content (AvgIpc) is 3.09.